The summed E-state index contributed by atoms with van der Waals surface area (Å²) in [6, 6.07) is 13.1. The van der Waals surface area contributed by atoms with Crippen molar-refractivity contribution in [1.82, 2.24) is 19.7 Å². The average Bonchev–Trinajstić information content (AvgIpc) is 3.27. The minimum atomic E-state index is -0.119. The fraction of sp³-hybridized carbons (Fsp3) is 0.250. The molecule has 3 aromatic rings. The summed E-state index contributed by atoms with van der Waals surface area (Å²) in [6.45, 7) is 3.09. The van der Waals surface area contributed by atoms with Gasteiger partial charge in [-0.05, 0) is 42.8 Å². The zero-order chi connectivity index (χ0) is 18.8. The van der Waals surface area contributed by atoms with Crippen molar-refractivity contribution in [2.75, 3.05) is 20.3 Å². The number of amides is 1. The predicted octanol–water partition coefficient (Wildman–Crippen LogP) is 2.87. The van der Waals surface area contributed by atoms with Gasteiger partial charge in [-0.25, -0.2) is 0 Å². The van der Waals surface area contributed by atoms with E-state index >= 15 is 0 Å². The van der Waals surface area contributed by atoms with Crippen LogP contribution in [0.15, 0.2) is 55.1 Å². The van der Waals surface area contributed by atoms with Crippen molar-refractivity contribution in [2.24, 2.45) is 0 Å². The van der Waals surface area contributed by atoms with Gasteiger partial charge in [-0.2, -0.15) is 0 Å². The van der Waals surface area contributed by atoms with Crippen molar-refractivity contribution in [2.45, 2.75) is 13.0 Å². The topological polar surface area (TPSA) is 69.5 Å². The largest absolute Gasteiger partial charge is 0.486 e. The van der Waals surface area contributed by atoms with Gasteiger partial charge >= 0.3 is 0 Å². The molecular formula is C20H20N4O3. The minimum Gasteiger partial charge on any atom is -0.486 e. The van der Waals surface area contributed by atoms with Crippen molar-refractivity contribution in [1.29, 1.82) is 0 Å². The number of hydrogen-bond donors (Lipinski definition) is 0. The lowest BCUT2D eigenvalue weighted by atomic mass is 10.0. The molecule has 1 aromatic heterocycles. The lowest BCUT2D eigenvalue weighted by Crippen LogP contribution is -2.29. The SMILES string of the molecule is C[C@H](c1ccc2c(c1)OCCO2)N(C)C(=O)c1cccc(-n2cnnc2)c1. The number of hydrogen-bond acceptors (Lipinski definition) is 5. The molecule has 4 rings (SSSR count). The van der Waals surface area contributed by atoms with Gasteiger partial charge < -0.3 is 14.4 Å². The number of carbonyl (C=O) groups is 1. The first-order valence-corrected chi connectivity index (χ1v) is 8.75. The highest BCUT2D eigenvalue weighted by atomic mass is 16.6. The number of benzene rings is 2. The standard InChI is InChI=1S/C20H20N4O3/c1-14(15-6-7-18-19(11-15)27-9-8-26-18)23(2)20(25)16-4-3-5-17(10-16)24-12-21-22-13-24/h3-7,10-14H,8-9H2,1-2H3/t14-/m1/s1. The van der Waals surface area contributed by atoms with Crippen LogP contribution in [0.2, 0.25) is 0 Å². The quantitative estimate of drug-likeness (QED) is 0.712. The van der Waals surface area contributed by atoms with Crippen molar-refractivity contribution < 1.29 is 14.3 Å². The van der Waals surface area contributed by atoms with Gasteiger partial charge in [0, 0.05) is 18.3 Å². The van der Waals surface area contributed by atoms with E-state index in [-0.39, 0.29) is 11.9 Å². The Morgan fingerprint density at radius 1 is 1.07 bits per heavy atom. The van der Waals surface area contributed by atoms with Gasteiger partial charge in [-0.1, -0.05) is 12.1 Å². The zero-order valence-corrected chi connectivity index (χ0v) is 15.2. The Morgan fingerprint density at radius 2 is 1.81 bits per heavy atom. The molecule has 2 aromatic carbocycles. The lowest BCUT2D eigenvalue weighted by Gasteiger charge is -2.27. The van der Waals surface area contributed by atoms with E-state index in [1.54, 1.807) is 29.2 Å². The van der Waals surface area contributed by atoms with Crippen LogP contribution in [0.1, 0.15) is 28.9 Å². The maximum absolute atomic E-state index is 13.0. The van der Waals surface area contributed by atoms with Crippen molar-refractivity contribution >= 4 is 5.91 Å². The van der Waals surface area contributed by atoms with Crippen LogP contribution in [0.5, 0.6) is 11.5 Å². The number of ether oxygens (including phenoxy) is 2. The molecule has 0 radical (unpaired) electrons. The molecule has 1 amide bonds. The molecule has 0 unspecified atom stereocenters. The Balaban J connectivity index is 1.56. The molecule has 7 nitrogen and oxygen atoms in total. The summed E-state index contributed by atoms with van der Waals surface area (Å²) in [5.41, 5.74) is 2.43. The molecule has 0 saturated heterocycles. The van der Waals surface area contributed by atoms with Crippen LogP contribution < -0.4 is 9.47 Å². The van der Waals surface area contributed by atoms with Crippen molar-refractivity contribution in [3.05, 3.63) is 66.2 Å². The molecule has 0 bridgehead atoms. The molecule has 0 spiro atoms. The second kappa shape index (κ2) is 7.11. The Bertz CT molecular complexity index is 956. The maximum Gasteiger partial charge on any atom is 0.254 e. The maximum atomic E-state index is 13.0. The molecule has 7 heteroatoms. The van der Waals surface area contributed by atoms with E-state index in [0.29, 0.717) is 18.8 Å². The Kier molecular flexibility index (Phi) is 4.50. The van der Waals surface area contributed by atoms with Crippen LogP contribution in [0.4, 0.5) is 0 Å². The van der Waals surface area contributed by atoms with E-state index in [1.165, 1.54) is 0 Å². The van der Waals surface area contributed by atoms with Gasteiger partial charge in [-0.15, -0.1) is 10.2 Å². The van der Waals surface area contributed by atoms with Crippen molar-refractivity contribution in [3.63, 3.8) is 0 Å². The predicted molar refractivity (Wildman–Crippen MR) is 99.3 cm³/mol. The Labute approximate surface area is 157 Å². The van der Waals surface area contributed by atoms with Crippen molar-refractivity contribution in [3.8, 4) is 17.2 Å². The summed E-state index contributed by atoms with van der Waals surface area (Å²) in [5, 5.41) is 7.61. The van der Waals surface area contributed by atoms with Crippen LogP contribution >= 0.6 is 0 Å². The summed E-state index contributed by atoms with van der Waals surface area (Å²) in [4.78, 5) is 14.7. The Hall–Kier alpha value is -3.35. The zero-order valence-electron chi connectivity index (χ0n) is 15.2. The first-order chi connectivity index (χ1) is 13.1. The van der Waals surface area contributed by atoms with Crippen LogP contribution in [-0.2, 0) is 0 Å². The van der Waals surface area contributed by atoms with Gasteiger partial charge in [0.25, 0.3) is 5.91 Å². The molecule has 27 heavy (non-hydrogen) atoms. The van der Waals surface area contributed by atoms with Crippen LogP contribution in [-0.4, -0.2) is 45.8 Å². The van der Waals surface area contributed by atoms with E-state index in [2.05, 4.69) is 10.2 Å². The fourth-order valence-electron chi connectivity index (χ4n) is 3.06. The van der Waals surface area contributed by atoms with Gasteiger partial charge in [0.15, 0.2) is 11.5 Å². The van der Waals surface area contributed by atoms with Gasteiger partial charge in [-0.3, -0.25) is 9.36 Å². The summed E-state index contributed by atoms with van der Waals surface area (Å²) >= 11 is 0. The first kappa shape index (κ1) is 17.1. The average molecular weight is 364 g/mol. The second-order valence-electron chi connectivity index (χ2n) is 6.41. The third-order valence-corrected chi connectivity index (χ3v) is 4.76. The number of nitrogens with zero attached hydrogens (tertiary/aromatic N) is 4. The molecule has 0 saturated carbocycles. The number of aromatic nitrogens is 3. The number of rotatable bonds is 4. The molecular weight excluding hydrogens is 344 g/mol. The fourth-order valence-corrected chi connectivity index (χ4v) is 3.06. The van der Waals surface area contributed by atoms with Crippen LogP contribution in [0, 0.1) is 0 Å². The first-order valence-electron chi connectivity index (χ1n) is 8.75. The second-order valence-corrected chi connectivity index (χ2v) is 6.41. The van der Waals surface area contributed by atoms with E-state index in [1.807, 2.05) is 49.4 Å². The highest BCUT2D eigenvalue weighted by Crippen LogP contribution is 2.34. The molecule has 0 aliphatic carbocycles. The molecule has 1 aliphatic rings. The Morgan fingerprint density at radius 3 is 2.59 bits per heavy atom. The normalized spacial score (nSPS) is 13.9. The minimum absolute atomic E-state index is 0.0627. The van der Waals surface area contributed by atoms with E-state index in [0.717, 1.165) is 22.7 Å². The van der Waals surface area contributed by atoms with E-state index in [4.69, 9.17) is 9.47 Å². The van der Waals surface area contributed by atoms with E-state index < -0.39 is 0 Å². The summed E-state index contributed by atoms with van der Waals surface area (Å²) in [7, 11) is 1.80. The van der Waals surface area contributed by atoms with Crippen LogP contribution in [0.3, 0.4) is 0 Å². The number of carbonyl (C=O) groups excluding carboxylic acids is 1. The molecule has 0 fully saturated rings. The summed E-state index contributed by atoms with van der Waals surface area (Å²) < 4.78 is 13.0. The van der Waals surface area contributed by atoms with Gasteiger partial charge in [0.1, 0.15) is 25.9 Å². The molecule has 1 aliphatic heterocycles. The molecule has 1 atom stereocenters. The molecule has 0 N–H and O–H groups in total. The lowest BCUT2D eigenvalue weighted by molar-refractivity contribution is 0.0742. The highest BCUT2D eigenvalue weighted by Gasteiger charge is 2.21. The third-order valence-electron chi connectivity index (χ3n) is 4.76. The third kappa shape index (κ3) is 3.36. The van der Waals surface area contributed by atoms with Crippen LogP contribution in [0.25, 0.3) is 5.69 Å². The molecule has 138 valence electrons. The van der Waals surface area contributed by atoms with E-state index in [9.17, 15) is 4.79 Å². The summed E-state index contributed by atoms with van der Waals surface area (Å²) in [6.07, 6.45) is 3.20. The number of fused-ring (bicyclic) bond motifs is 1. The monoisotopic (exact) mass is 364 g/mol. The smallest absolute Gasteiger partial charge is 0.254 e. The summed E-state index contributed by atoms with van der Waals surface area (Å²) in [5.74, 6) is 1.40. The van der Waals surface area contributed by atoms with Gasteiger partial charge in [0.05, 0.1) is 6.04 Å². The molecule has 2 heterocycles. The highest BCUT2D eigenvalue weighted by molar-refractivity contribution is 5.94. The van der Waals surface area contributed by atoms with Gasteiger partial charge in [0.2, 0.25) is 0 Å².